The van der Waals surface area contributed by atoms with Gasteiger partial charge in [-0.15, -0.1) is 0 Å². The Morgan fingerprint density at radius 1 is 1.09 bits per heavy atom. The molecule has 0 bridgehead atoms. The van der Waals surface area contributed by atoms with Crippen LogP contribution in [0.2, 0.25) is 0 Å². The standard InChI is InChI=1S/C17H14FN3O/c18-14-7-2-1-4-11(14)9-16-20-15(10-17(22)21-16)12-5-3-6-13(19)8-12/h1-8,10H,9,19H2,(H,20,21,22). The molecule has 3 aromatic rings. The molecule has 0 saturated carbocycles. The maximum atomic E-state index is 13.7. The molecular weight excluding hydrogens is 281 g/mol. The SMILES string of the molecule is Nc1cccc(-c2cc(=O)[nH]c(Cc3ccccc3F)n2)c1. The molecule has 110 valence electrons. The van der Waals surface area contributed by atoms with Crippen LogP contribution in [0.5, 0.6) is 0 Å². The van der Waals surface area contributed by atoms with Crippen LogP contribution < -0.4 is 11.3 Å². The molecule has 0 spiro atoms. The smallest absolute Gasteiger partial charge is 0.251 e. The zero-order chi connectivity index (χ0) is 15.5. The number of anilines is 1. The highest BCUT2D eigenvalue weighted by atomic mass is 19.1. The minimum absolute atomic E-state index is 0.220. The second-order valence-corrected chi connectivity index (χ2v) is 4.97. The maximum Gasteiger partial charge on any atom is 0.251 e. The summed E-state index contributed by atoms with van der Waals surface area (Å²) >= 11 is 0. The molecule has 0 aliphatic carbocycles. The first-order chi connectivity index (χ1) is 10.6. The lowest BCUT2D eigenvalue weighted by Crippen LogP contribution is -2.12. The highest BCUT2D eigenvalue weighted by Gasteiger charge is 2.08. The Balaban J connectivity index is 2.00. The second kappa shape index (κ2) is 5.81. The quantitative estimate of drug-likeness (QED) is 0.730. The Morgan fingerprint density at radius 2 is 1.91 bits per heavy atom. The number of aromatic nitrogens is 2. The summed E-state index contributed by atoms with van der Waals surface area (Å²) in [6.07, 6.45) is 0.220. The minimum Gasteiger partial charge on any atom is -0.399 e. The van der Waals surface area contributed by atoms with Crippen molar-refractivity contribution in [2.75, 3.05) is 5.73 Å². The van der Waals surface area contributed by atoms with E-state index in [4.69, 9.17) is 5.73 Å². The van der Waals surface area contributed by atoms with Crippen molar-refractivity contribution in [3.05, 3.63) is 82.2 Å². The fraction of sp³-hybridized carbons (Fsp3) is 0.0588. The first-order valence-corrected chi connectivity index (χ1v) is 6.81. The molecule has 0 atom stereocenters. The van der Waals surface area contributed by atoms with Crippen molar-refractivity contribution in [1.82, 2.24) is 9.97 Å². The largest absolute Gasteiger partial charge is 0.399 e. The minimum atomic E-state index is -0.320. The average Bonchev–Trinajstić information content (AvgIpc) is 2.49. The van der Waals surface area contributed by atoms with E-state index >= 15 is 0 Å². The molecular formula is C17H14FN3O. The van der Waals surface area contributed by atoms with Crippen molar-refractivity contribution < 1.29 is 4.39 Å². The lowest BCUT2D eigenvalue weighted by molar-refractivity contribution is 0.612. The molecule has 0 amide bonds. The van der Waals surface area contributed by atoms with Crippen molar-refractivity contribution in [3.8, 4) is 11.3 Å². The predicted octanol–water partition coefficient (Wildman–Crippen LogP) is 2.75. The van der Waals surface area contributed by atoms with Gasteiger partial charge in [0.15, 0.2) is 0 Å². The Kier molecular flexibility index (Phi) is 3.70. The number of nitrogens with zero attached hydrogens (tertiary/aromatic N) is 1. The van der Waals surface area contributed by atoms with Crippen LogP contribution in [0.15, 0.2) is 59.4 Å². The van der Waals surface area contributed by atoms with E-state index in [2.05, 4.69) is 9.97 Å². The van der Waals surface area contributed by atoms with E-state index in [1.807, 2.05) is 6.07 Å². The number of nitrogens with two attached hydrogens (primary N) is 1. The van der Waals surface area contributed by atoms with Crippen LogP contribution >= 0.6 is 0 Å². The topological polar surface area (TPSA) is 71.8 Å². The highest BCUT2D eigenvalue weighted by Crippen LogP contribution is 2.19. The van der Waals surface area contributed by atoms with Crippen LogP contribution in [0.1, 0.15) is 11.4 Å². The molecule has 5 heteroatoms. The van der Waals surface area contributed by atoms with Crippen molar-refractivity contribution in [3.63, 3.8) is 0 Å². The number of aromatic amines is 1. The first-order valence-electron chi connectivity index (χ1n) is 6.81. The fourth-order valence-corrected chi connectivity index (χ4v) is 2.26. The molecule has 0 aliphatic heterocycles. The van der Waals surface area contributed by atoms with Gasteiger partial charge in [-0.25, -0.2) is 9.37 Å². The number of benzene rings is 2. The number of rotatable bonds is 3. The van der Waals surface area contributed by atoms with Gasteiger partial charge in [-0.2, -0.15) is 0 Å². The Labute approximate surface area is 126 Å². The summed E-state index contributed by atoms with van der Waals surface area (Å²) in [6, 6.07) is 15.0. The van der Waals surface area contributed by atoms with E-state index < -0.39 is 0 Å². The molecule has 0 unspecified atom stereocenters. The Bertz CT molecular complexity index is 874. The van der Waals surface area contributed by atoms with E-state index in [0.29, 0.717) is 22.8 Å². The summed E-state index contributed by atoms with van der Waals surface area (Å²) in [6.45, 7) is 0. The predicted molar refractivity (Wildman–Crippen MR) is 83.9 cm³/mol. The molecule has 0 aliphatic rings. The zero-order valence-electron chi connectivity index (χ0n) is 11.7. The van der Waals surface area contributed by atoms with E-state index in [0.717, 1.165) is 5.56 Å². The molecule has 0 fully saturated rings. The second-order valence-electron chi connectivity index (χ2n) is 4.97. The maximum absolute atomic E-state index is 13.7. The van der Waals surface area contributed by atoms with Crippen LogP contribution in [0, 0.1) is 5.82 Å². The van der Waals surface area contributed by atoms with Gasteiger partial charge in [0.2, 0.25) is 0 Å². The third kappa shape index (κ3) is 3.03. The molecule has 0 radical (unpaired) electrons. The van der Waals surface area contributed by atoms with Gasteiger partial charge in [0.05, 0.1) is 5.69 Å². The molecule has 1 aromatic heterocycles. The van der Waals surface area contributed by atoms with Crippen LogP contribution in [0.25, 0.3) is 11.3 Å². The summed E-state index contributed by atoms with van der Waals surface area (Å²) in [5.74, 6) is 0.0922. The summed E-state index contributed by atoms with van der Waals surface area (Å²) in [5.41, 5.74) is 7.81. The number of halogens is 1. The molecule has 3 N–H and O–H groups in total. The van der Waals surface area contributed by atoms with Gasteiger partial charge < -0.3 is 10.7 Å². The lowest BCUT2D eigenvalue weighted by Gasteiger charge is -2.06. The summed E-state index contributed by atoms with van der Waals surface area (Å²) < 4.78 is 13.7. The average molecular weight is 295 g/mol. The van der Waals surface area contributed by atoms with Gasteiger partial charge in [-0.05, 0) is 23.8 Å². The van der Waals surface area contributed by atoms with Gasteiger partial charge in [-0.1, -0.05) is 30.3 Å². The van der Waals surface area contributed by atoms with E-state index in [-0.39, 0.29) is 17.8 Å². The van der Waals surface area contributed by atoms with Gasteiger partial charge in [0.25, 0.3) is 5.56 Å². The number of nitrogens with one attached hydrogen (secondary N) is 1. The third-order valence-electron chi connectivity index (χ3n) is 3.29. The van der Waals surface area contributed by atoms with Crippen molar-refractivity contribution >= 4 is 5.69 Å². The van der Waals surface area contributed by atoms with E-state index in [9.17, 15) is 9.18 Å². The van der Waals surface area contributed by atoms with Gasteiger partial charge in [-0.3, -0.25) is 4.79 Å². The Hall–Kier alpha value is -2.95. The molecule has 1 heterocycles. The van der Waals surface area contributed by atoms with Crippen molar-refractivity contribution in [2.24, 2.45) is 0 Å². The summed E-state index contributed by atoms with van der Waals surface area (Å²) in [4.78, 5) is 18.9. The Morgan fingerprint density at radius 3 is 2.68 bits per heavy atom. The normalized spacial score (nSPS) is 10.6. The molecule has 3 rings (SSSR count). The van der Waals surface area contributed by atoms with Gasteiger partial charge in [0, 0.05) is 23.7 Å². The first kappa shape index (κ1) is 14.0. The molecule has 0 saturated heterocycles. The summed E-state index contributed by atoms with van der Waals surface area (Å²) in [5, 5.41) is 0. The van der Waals surface area contributed by atoms with Gasteiger partial charge in [0.1, 0.15) is 11.6 Å². The summed E-state index contributed by atoms with van der Waals surface area (Å²) in [7, 11) is 0. The van der Waals surface area contributed by atoms with Crippen molar-refractivity contribution in [1.29, 1.82) is 0 Å². The van der Waals surface area contributed by atoms with Gasteiger partial charge >= 0.3 is 0 Å². The van der Waals surface area contributed by atoms with Crippen LogP contribution in [-0.2, 0) is 6.42 Å². The van der Waals surface area contributed by atoms with Crippen LogP contribution in [0.3, 0.4) is 0 Å². The third-order valence-corrected chi connectivity index (χ3v) is 3.29. The molecule has 4 nitrogen and oxygen atoms in total. The lowest BCUT2D eigenvalue weighted by atomic mass is 10.1. The van der Waals surface area contributed by atoms with Crippen LogP contribution in [0.4, 0.5) is 10.1 Å². The van der Waals surface area contributed by atoms with Crippen LogP contribution in [-0.4, -0.2) is 9.97 Å². The monoisotopic (exact) mass is 295 g/mol. The fourth-order valence-electron chi connectivity index (χ4n) is 2.26. The zero-order valence-corrected chi connectivity index (χ0v) is 11.7. The number of hydrogen-bond acceptors (Lipinski definition) is 3. The highest BCUT2D eigenvalue weighted by molar-refractivity contribution is 5.63. The molecule has 22 heavy (non-hydrogen) atoms. The van der Waals surface area contributed by atoms with Crippen molar-refractivity contribution in [2.45, 2.75) is 6.42 Å². The van der Waals surface area contributed by atoms with E-state index in [1.54, 1.807) is 36.4 Å². The number of nitrogen functional groups attached to an aromatic ring is 1. The molecule has 2 aromatic carbocycles. The number of hydrogen-bond donors (Lipinski definition) is 2. The number of H-pyrrole nitrogens is 1. The van der Waals surface area contributed by atoms with E-state index in [1.165, 1.54) is 12.1 Å².